The van der Waals surface area contributed by atoms with Crippen molar-refractivity contribution in [1.82, 2.24) is 9.97 Å². The Hall–Kier alpha value is -0.680. The molecule has 0 spiro atoms. The van der Waals surface area contributed by atoms with Crippen molar-refractivity contribution in [2.45, 2.75) is 25.8 Å². The van der Waals surface area contributed by atoms with E-state index in [1.165, 1.54) is 6.33 Å². The molecule has 0 saturated heterocycles. The summed E-state index contributed by atoms with van der Waals surface area (Å²) in [4.78, 5) is 8.01. The number of nitrogens with zero attached hydrogens (tertiary/aromatic N) is 2. The lowest BCUT2D eigenvalue weighted by molar-refractivity contribution is 0.260. The fourth-order valence-electron chi connectivity index (χ4n) is 1.09. The van der Waals surface area contributed by atoms with Gasteiger partial charge in [0.1, 0.15) is 16.7 Å². The number of aromatic nitrogens is 2. The first-order chi connectivity index (χ1) is 6.53. The molecule has 0 amide bonds. The Labute approximate surface area is 91.9 Å². The minimum atomic E-state index is -0.164. The van der Waals surface area contributed by atoms with Crippen LogP contribution in [0, 0.1) is 0 Å². The molecular weight excluding hydrogens is 246 g/mol. The Morgan fingerprint density at radius 2 is 2.21 bits per heavy atom. The third-order valence-corrected chi connectivity index (χ3v) is 2.27. The van der Waals surface area contributed by atoms with E-state index in [9.17, 15) is 0 Å². The van der Waals surface area contributed by atoms with Gasteiger partial charge in [0.15, 0.2) is 0 Å². The second-order valence-corrected chi connectivity index (χ2v) is 4.52. The van der Waals surface area contributed by atoms with E-state index in [0.29, 0.717) is 6.42 Å². The molecule has 1 rings (SSSR count). The van der Waals surface area contributed by atoms with E-state index in [1.54, 1.807) is 6.07 Å². The van der Waals surface area contributed by atoms with Crippen molar-refractivity contribution in [3.05, 3.63) is 17.0 Å². The normalized spacial score (nSPS) is 11.4. The SMILES string of the molecule is CC(C)(CCO)Nc1cc(Br)ncn1. The molecule has 0 bridgehead atoms. The fraction of sp³-hybridized carbons (Fsp3) is 0.556. The maximum atomic E-state index is 8.85. The lowest BCUT2D eigenvalue weighted by Crippen LogP contribution is -2.32. The van der Waals surface area contributed by atoms with Crippen LogP contribution in [0.5, 0.6) is 0 Å². The summed E-state index contributed by atoms with van der Waals surface area (Å²) >= 11 is 3.27. The van der Waals surface area contributed by atoms with Crippen molar-refractivity contribution in [2.24, 2.45) is 0 Å². The summed E-state index contributed by atoms with van der Waals surface area (Å²) in [5, 5.41) is 12.1. The highest BCUT2D eigenvalue weighted by Crippen LogP contribution is 2.17. The first-order valence-corrected chi connectivity index (χ1v) is 5.19. The largest absolute Gasteiger partial charge is 0.396 e. The summed E-state index contributed by atoms with van der Waals surface area (Å²) in [7, 11) is 0. The number of halogens is 1. The van der Waals surface area contributed by atoms with Gasteiger partial charge in [-0.25, -0.2) is 9.97 Å². The maximum Gasteiger partial charge on any atom is 0.130 e. The number of nitrogens with one attached hydrogen (secondary N) is 1. The first-order valence-electron chi connectivity index (χ1n) is 4.40. The van der Waals surface area contributed by atoms with Crippen LogP contribution in [0.3, 0.4) is 0 Å². The van der Waals surface area contributed by atoms with E-state index in [1.807, 2.05) is 13.8 Å². The molecule has 0 aromatic carbocycles. The Balaban J connectivity index is 2.68. The molecule has 0 aliphatic rings. The average Bonchev–Trinajstić information content (AvgIpc) is 2.02. The lowest BCUT2D eigenvalue weighted by Gasteiger charge is -2.25. The summed E-state index contributed by atoms with van der Waals surface area (Å²) in [6, 6.07) is 1.80. The Kier molecular flexibility index (Phi) is 3.83. The van der Waals surface area contributed by atoms with Crippen molar-refractivity contribution >= 4 is 21.7 Å². The summed E-state index contributed by atoms with van der Waals surface area (Å²) in [5.41, 5.74) is -0.164. The topological polar surface area (TPSA) is 58.0 Å². The van der Waals surface area contributed by atoms with Gasteiger partial charge >= 0.3 is 0 Å². The zero-order valence-electron chi connectivity index (χ0n) is 8.29. The number of anilines is 1. The van der Waals surface area contributed by atoms with Gasteiger partial charge in [-0.2, -0.15) is 0 Å². The minimum absolute atomic E-state index is 0.159. The van der Waals surface area contributed by atoms with Gasteiger partial charge in [-0.3, -0.25) is 0 Å². The van der Waals surface area contributed by atoms with E-state index in [0.717, 1.165) is 10.4 Å². The summed E-state index contributed by atoms with van der Waals surface area (Å²) in [6.07, 6.45) is 2.16. The third-order valence-electron chi connectivity index (χ3n) is 1.84. The molecule has 0 fully saturated rings. The van der Waals surface area contributed by atoms with Gasteiger partial charge in [0.2, 0.25) is 0 Å². The van der Waals surface area contributed by atoms with E-state index in [-0.39, 0.29) is 12.1 Å². The van der Waals surface area contributed by atoms with Crippen LogP contribution >= 0.6 is 15.9 Å². The maximum absolute atomic E-state index is 8.85. The Bertz CT molecular complexity index is 304. The quantitative estimate of drug-likeness (QED) is 0.810. The molecule has 78 valence electrons. The van der Waals surface area contributed by atoms with Gasteiger partial charge in [-0.05, 0) is 36.2 Å². The molecule has 4 nitrogen and oxygen atoms in total. The Morgan fingerprint density at radius 3 is 2.79 bits per heavy atom. The third kappa shape index (κ3) is 3.59. The molecule has 0 radical (unpaired) electrons. The molecule has 0 saturated carbocycles. The summed E-state index contributed by atoms with van der Waals surface area (Å²) < 4.78 is 0.745. The summed E-state index contributed by atoms with van der Waals surface area (Å²) in [5.74, 6) is 0.755. The predicted molar refractivity (Wildman–Crippen MR) is 59.1 cm³/mol. The molecule has 0 unspecified atom stereocenters. The molecule has 0 atom stereocenters. The number of hydrogen-bond donors (Lipinski definition) is 2. The second kappa shape index (κ2) is 4.70. The zero-order chi connectivity index (χ0) is 10.6. The van der Waals surface area contributed by atoms with Crippen LogP contribution in [0.25, 0.3) is 0 Å². The number of rotatable bonds is 4. The second-order valence-electron chi connectivity index (χ2n) is 3.71. The fourth-order valence-corrected chi connectivity index (χ4v) is 1.40. The van der Waals surface area contributed by atoms with Crippen LogP contribution in [0.4, 0.5) is 5.82 Å². The zero-order valence-corrected chi connectivity index (χ0v) is 9.87. The van der Waals surface area contributed by atoms with E-state index < -0.39 is 0 Å². The van der Waals surface area contributed by atoms with Crippen LogP contribution in [0.2, 0.25) is 0 Å². The molecule has 0 aliphatic carbocycles. The van der Waals surface area contributed by atoms with Crippen molar-refractivity contribution < 1.29 is 5.11 Å². The van der Waals surface area contributed by atoms with Crippen molar-refractivity contribution in [3.63, 3.8) is 0 Å². The van der Waals surface area contributed by atoms with Crippen molar-refractivity contribution in [3.8, 4) is 0 Å². The van der Waals surface area contributed by atoms with Crippen LogP contribution in [0.1, 0.15) is 20.3 Å². The number of hydrogen-bond acceptors (Lipinski definition) is 4. The molecular formula is C9H14BrN3O. The summed E-state index contributed by atoms with van der Waals surface area (Å²) in [6.45, 7) is 4.19. The van der Waals surface area contributed by atoms with Gasteiger partial charge in [0.25, 0.3) is 0 Å². The van der Waals surface area contributed by atoms with Gasteiger partial charge in [-0.1, -0.05) is 0 Å². The van der Waals surface area contributed by atoms with Gasteiger partial charge < -0.3 is 10.4 Å². The predicted octanol–water partition coefficient (Wildman–Crippen LogP) is 1.81. The highest BCUT2D eigenvalue weighted by molar-refractivity contribution is 9.10. The standard InChI is InChI=1S/C9H14BrN3O/c1-9(2,3-4-14)13-8-5-7(10)11-6-12-8/h5-6,14H,3-4H2,1-2H3,(H,11,12,13). The highest BCUT2D eigenvalue weighted by Gasteiger charge is 2.16. The van der Waals surface area contributed by atoms with Crippen molar-refractivity contribution in [2.75, 3.05) is 11.9 Å². The Morgan fingerprint density at radius 1 is 1.50 bits per heavy atom. The molecule has 0 aliphatic heterocycles. The lowest BCUT2D eigenvalue weighted by atomic mass is 10.0. The highest BCUT2D eigenvalue weighted by atomic mass is 79.9. The van der Waals surface area contributed by atoms with Gasteiger partial charge in [0.05, 0.1) is 0 Å². The number of aliphatic hydroxyl groups is 1. The smallest absolute Gasteiger partial charge is 0.130 e. The van der Waals surface area contributed by atoms with Crippen LogP contribution in [-0.2, 0) is 0 Å². The number of aliphatic hydroxyl groups excluding tert-OH is 1. The molecule has 1 aromatic heterocycles. The van der Waals surface area contributed by atoms with Crippen LogP contribution in [-0.4, -0.2) is 27.2 Å². The van der Waals surface area contributed by atoms with Crippen LogP contribution in [0.15, 0.2) is 17.0 Å². The molecule has 1 heterocycles. The average molecular weight is 260 g/mol. The first kappa shape index (κ1) is 11.4. The van der Waals surface area contributed by atoms with E-state index >= 15 is 0 Å². The van der Waals surface area contributed by atoms with Gasteiger partial charge in [-0.15, -0.1) is 0 Å². The van der Waals surface area contributed by atoms with Gasteiger partial charge in [0, 0.05) is 18.2 Å². The monoisotopic (exact) mass is 259 g/mol. The minimum Gasteiger partial charge on any atom is -0.396 e. The van der Waals surface area contributed by atoms with Crippen molar-refractivity contribution in [1.29, 1.82) is 0 Å². The van der Waals surface area contributed by atoms with E-state index in [2.05, 4.69) is 31.2 Å². The molecule has 1 aromatic rings. The van der Waals surface area contributed by atoms with Crippen LogP contribution < -0.4 is 5.32 Å². The van der Waals surface area contributed by atoms with E-state index in [4.69, 9.17) is 5.11 Å². The molecule has 14 heavy (non-hydrogen) atoms. The molecule has 2 N–H and O–H groups in total. The molecule has 5 heteroatoms.